The Kier molecular flexibility index (Phi) is 20.1. The van der Waals surface area contributed by atoms with Gasteiger partial charge in [-0.3, -0.25) is 29.2 Å². The lowest BCUT2D eigenvalue weighted by atomic mass is 10.1. The third-order valence-corrected chi connectivity index (χ3v) is 7.20. The molecule has 2 amide bonds. The highest BCUT2D eigenvalue weighted by atomic mass is 19.4. The van der Waals surface area contributed by atoms with Crippen LogP contribution in [0.25, 0.3) is 11.3 Å². The number of likely N-dealkylation sites (tertiary alicyclic amines) is 1. The first-order valence-corrected chi connectivity index (χ1v) is 16.5. The van der Waals surface area contributed by atoms with Crippen LogP contribution in [0.3, 0.4) is 0 Å². The van der Waals surface area contributed by atoms with E-state index in [4.69, 9.17) is 36.7 Å². The Morgan fingerprint density at radius 3 is 2.07 bits per heavy atom. The van der Waals surface area contributed by atoms with Gasteiger partial charge < -0.3 is 42.5 Å². The molecule has 1 aliphatic rings. The van der Waals surface area contributed by atoms with Crippen molar-refractivity contribution in [2.75, 3.05) is 37.2 Å². The first-order valence-electron chi connectivity index (χ1n) is 16.5. The fourth-order valence-electron chi connectivity index (χ4n) is 4.82. The molecule has 1 fully saturated rings. The molecule has 22 heteroatoms. The predicted octanol–water partition coefficient (Wildman–Crippen LogP) is 3.25. The third-order valence-electron chi connectivity index (χ3n) is 7.20. The predicted molar refractivity (Wildman–Crippen MR) is 194 cm³/mol. The number of nitrogens with two attached hydrogens (primary N) is 2. The molecule has 16 nitrogen and oxygen atoms in total. The first kappa shape index (κ1) is 47.8. The van der Waals surface area contributed by atoms with Crippen LogP contribution in [-0.4, -0.2) is 99.8 Å². The molecule has 308 valence electrons. The van der Waals surface area contributed by atoms with E-state index in [0.717, 1.165) is 25.2 Å². The molecular weight excluding hydrogens is 760 g/mol. The van der Waals surface area contributed by atoms with E-state index in [0.29, 0.717) is 34.6 Å². The summed E-state index contributed by atoms with van der Waals surface area (Å²) in [7, 11) is 0. The Labute approximate surface area is 316 Å². The van der Waals surface area contributed by atoms with E-state index in [1.807, 2.05) is 13.8 Å². The number of carbonyl (C=O) groups excluding carboxylic acids is 2. The van der Waals surface area contributed by atoms with Crippen molar-refractivity contribution in [2.45, 2.75) is 58.7 Å². The quantitative estimate of drug-likeness (QED) is 0.0432. The number of nitrogens with zero attached hydrogens (tertiary/aromatic N) is 3. The van der Waals surface area contributed by atoms with Crippen molar-refractivity contribution in [2.24, 2.45) is 5.73 Å². The van der Waals surface area contributed by atoms with Crippen LogP contribution in [0.5, 0.6) is 0 Å². The lowest BCUT2D eigenvalue weighted by molar-refractivity contribution is -0.192. The zero-order valence-electron chi connectivity index (χ0n) is 30.2. The second-order valence-electron chi connectivity index (χ2n) is 11.9. The maximum atomic E-state index is 13.5. The summed E-state index contributed by atoms with van der Waals surface area (Å²) < 4.78 is 62.1. The Balaban J connectivity index is 0.000000961. The molecule has 1 aliphatic heterocycles. The number of nitrogen functional groups attached to an aromatic ring is 2. The number of hydrogen-bond acceptors (Lipinski definition) is 10. The number of benzene rings is 2. The number of nitrogens with one attached hydrogen (secondary N) is 4. The highest BCUT2D eigenvalue weighted by Crippen LogP contribution is 2.23. The Bertz CT molecular complexity index is 1820. The van der Waals surface area contributed by atoms with E-state index < -0.39 is 24.4 Å². The van der Waals surface area contributed by atoms with Crippen molar-refractivity contribution in [3.8, 4) is 11.3 Å². The van der Waals surface area contributed by atoms with E-state index in [9.17, 15) is 40.7 Å². The zero-order valence-corrected chi connectivity index (χ0v) is 30.2. The van der Waals surface area contributed by atoms with Crippen molar-refractivity contribution >= 4 is 41.6 Å². The van der Waals surface area contributed by atoms with E-state index in [1.54, 1.807) is 42.5 Å². The normalized spacial score (nSPS) is 12.2. The van der Waals surface area contributed by atoms with Crippen molar-refractivity contribution in [3.63, 3.8) is 0 Å². The Hall–Kier alpha value is -6.19. The number of rotatable bonds is 12. The van der Waals surface area contributed by atoms with Crippen LogP contribution in [0.2, 0.25) is 0 Å². The second-order valence-corrected chi connectivity index (χ2v) is 11.9. The van der Waals surface area contributed by atoms with Gasteiger partial charge in [-0.15, -0.1) is 0 Å². The second kappa shape index (κ2) is 23.6. The highest BCUT2D eigenvalue weighted by Gasteiger charge is 2.38. The number of halogens is 6. The molecule has 0 unspecified atom stereocenters. The van der Waals surface area contributed by atoms with Crippen molar-refractivity contribution in [1.82, 2.24) is 25.1 Å². The monoisotopic (exact) mass is 803 g/mol. The van der Waals surface area contributed by atoms with Gasteiger partial charge in [0.2, 0.25) is 5.91 Å². The number of aliphatic carboxylic acids is 1. The molecule has 4 rings (SSSR count). The molecule has 3 aromatic rings. The molecule has 0 aliphatic carbocycles. The lowest BCUT2D eigenvalue weighted by Crippen LogP contribution is -2.35. The van der Waals surface area contributed by atoms with Gasteiger partial charge in [-0.05, 0) is 63.5 Å². The number of hydrogen-bond donors (Lipinski definition) is 8. The number of carboxylic acids is 1. The molecule has 0 bridgehead atoms. The molecule has 0 radical (unpaired) electrons. The van der Waals surface area contributed by atoms with Crippen LogP contribution < -0.4 is 33.0 Å². The summed E-state index contributed by atoms with van der Waals surface area (Å²) in [5, 5.41) is 30.3. The molecule has 2 heterocycles. The Morgan fingerprint density at radius 1 is 1.02 bits per heavy atom. The van der Waals surface area contributed by atoms with Crippen molar-refractivity contribution in [3.05, 3.63) is 75.7 Å². The minimum absolute atomic E-state index is 0.0368. The molecular formula is C34H43F6N9O7. The molecule has 10 N–H and O–H groups in total. The SMILES string of the molecule is CC(C)Nc1ncc(-c2cc(N)cc(C(=O)NCCN3CCCC3)c2)n(CC(=O)NCc2ccc(C(=N)N)cc2)c1=O.FC(F)F.O=C(O)C(F)(F)F.O=CO. The maximum absolute atomic E-state index is 13.5. The molecule has 56 heavy (non-hydrogen) atoms. The average molecular weight is 804 g/mol. The van der Waals surface area contributed by atoms with Crippen molar-refractivity contribution < 1.29 is 55.7 Å². The van der Waals surface area contributed by atoms with Crippen LogP contribution in [-0.2, 0) is 27.5 Å². The summed E-state index contributed by atoms with van der Waals surface area (Å²) in [6, 6.07) is 11.8. The van der Waals surface area contributed by atoms with Gasteiger partial charge in [0.05, 0.1) is 11.9 Å². The topological polar surface area (TPSA) is 259 Å². The van der Waals surface area contributed by atoms with Crippen LogP contribution in [0, 0.1) is 5.41 Å². The highest BCUT2D eigenvalue weighted by molar-refractivity contribution is 5.96. The van der Waals surface area contributed by atoms with Crippen molar-refractivity contribution in [1.29, 1.82) is 5.41 Å². The van der Waals surface area contributed by atoms with Gasteiger partial charge >= 0.3 is 18.8 Å². The average Bonchev–Trinajstić information content (AvgIpc) is 3.62. The number of carboxylic acid groups (broad SMARTS) is 2. The van der Waals surface area contributed by atoms with Gasteiger partial charge in [-0.25, -0.2) is 9.78 Å². The number of alkyl halides is 6. The van der Waals surface area contributed by atoms with Gasteiger partial charge in [-0.1, -0.05) is 24.3 Å². The van der Waals surface area contributed by atoms with E-state index >= 15 is 0 Å². The molecule has 0 atom stereocenters. The summed E-state index contributed by atoms with van der Waals surface area (Å²) in [5.41, 5.74) is 14.2. The molecule has 2 aromatic carbocycles. The van der Waals surface area contributed by atoms with Gasteiger partial charge in [0.15, 0.2) is 5.82 Å². The first-order chi connectivity index (χ1) is 26.2. The maximum Gasteiger partial charge on any atom is 0.490 e. The summed E-state index contributed by atoms with van der Waals surface area (Å²) in [5.74, 6) is -3.33. The smallest absolute Gasteiger partial charge is 0.483 e. The third kappa shape index (κ3) is 17.8. The number of aromatic nitrogens is 2. The number of amidine groups is 1. The summed E-state index contributed by atoms with van der Waals surface area (Å²) in [4.78, 5) is 63.4. The van der Waals surface area contributed by atoms with Crippen LogP contribution in [0.15, 0.2) is 53.5 Å². The zero-order chi connectivity index (χ0) is 42.6. The molecule has 1 saturated heterocycles. The van der Waals surface area contributed by atoms with Gasteiger partial charge in [-0.2, -0.15) is 26.3 Å². The number of amides is 2. The van der Waals surface area contributed by atoms with Crippen LogP contribution in [0.4, 0.5) is 37.8 Å². The largest absolute Gasteiger partial charge is 0.490 e. The number of anilines is 2. The fraction of sp³-hybridized carbons (Fsp3) is 0.382. The van der Waals surface area contributed by atoms with E-state index in [2.05, 4.69) is 25.8 Å². The molecule has 1 aromatic heterocycles. The Morgan fingerprint density at radius 2 is 1.57 bits per heavy atom. The van der Waals surface area contributed by atoms with E-state index in [1.165, 1.54) is 23.6 Å². The standard InChI is InChI=1S/C30H39N9O3.C2HF3O2.CHF3.CH2O2/c1-19(2)37-28-30(42)39(18-26(40)35-16-20-5-7-21(8-6-20)27(32)33)25(17-36-28)22-13-23(15-24(31)14-22)29(41)34-9-12-38-10-3-4-11-38;3-2(4,5)1(6)7;2-1(3)4;2-1-3/h5-8,13-15,17,19H,3-4,9-12,16,18,31H2,1-2H3,(H3,32,33)(H,34,41)(H,35,40)(H,36,37);(H,6,7);1H;1H,(H,2,3). The van der Waals surface area contributed by atoms with Gasteiger partial charge in [0, 0.05) is 48.1 Å². The number of carbonyl (C=O) groups is 4. The lowest BCUT2D eigenvalue weighted by Gasteiger charge is -2.17. The summed E-state index contributed by atoms with van der Waals surface area (Å²) in [6.07, 6.45) is -1.22. The van der Waals surface area contributed by atoms with Gasteiger partial charge in [0.1, 0.15) is 12.4 Å². The molecule has 0 spiro atoms. The van der Waals surface area contributed by atoms with Crippen LogP contribution in [0.1, 0.15) is 48.2 Å². The fourth-order valence-corrected chi connectivity index (χ4v) is 4.82. The summed E-state index contributed by atoms with van der Waals surface area (Å²) >= 11 is 0. The van der Waals surface area contributed by atoms with Gasteiger partial charge in [0.25, 0.3) is 17.9 Å². The van der Waals surface area contributed by atoms with Crippen LogP contribution >= 0.6 is 0 Å². The van der Waals surface area contributed by atoms with E-state index in [-0.39, 0.29) is 49.1 Å². The minimum Gasteiger partial charge on any atom is -0.483 e. The minimum atomic E-state index is -5.08. The molecule has 0 saturated carbocycles. The summed E-state index contributed by atoms with van der Waals surface area (Å²) in [6.45, 7) is 3.19.